The van der Waals surface area contributed by atoms with E-state index in [0.29, 0.717) is 11.8 Å². The van der Waals surface area contributed by atoms with Crippen molar-refractivity contribution < 1.29 is 9.53 Å². The summed E-state index contributed by atoms with van der Waals surface area (Å²) in [5.41, 5.74) is 0.544. The maximum Gasteiger partial charge on any atom is 0.306 e. The molecule has 0 saturated heterocycles. The number of carbonyl (C=O) groups excluding carboxylic acids is 1. The number of fused-ring (bicyclic) bond motifs is 2. The standard InChI is InChI=1S/C15H26O2/c1-5-6-7-13(16)17-12-10-11-8-9-15(12,4)14(11,2)3/h11-12H,5-10H2,1-4H3/t11-,12-,15+/m1/s1. The first-order valence-electron chi connectivity index (χ1n) is 7.11. The van der Waals surface area contributed by atoms with E-state index < -0.39 is 0 Å². The first-order valence-corrected chi connectivity index (χ1v) is 7.11. The van der Waals surface area contributed by atoms with Crippen molar-refractivity contribution in [2.75, 3.05) is 0 Å². The highest BCUT2D eigenvalue weighted by molar-refractivity contribution is 5.69. The van der Waals surface area contributed by atoms with E-state index in [1.54, 1.807) is 0 Å². The van der Waals surface area contributed by atoms with Gasteiger partial charge in [0.2, 0.25) is 0 Å². The number of esters is 1. The third-order valence-electron chi connectivity index (χ3n) is 5.72. The van der Waals surface area contributed by atoms with Gasteiger partial charge in [-0.3, -0.25) is 4.79 Å². The molecule has 0 heterocycles. The molecule has 0 N–H and O–H groups in total. The van der Waals surface area contributed by atoms with Gasteiger partial charge in [-0.2, -0.15) is 0 Å². The molecule has 2 nitrogen and oxygen atoms in total. The van der Waals surface area contributed by atoms with Crippen molar-refractivity contribution >= 4 is 5.97 Å². The van der Waals surface area contributed by atoms with Crippen LogP contribution in [0.3, 0.4) is 0 Å². The van der Waals surface area contributed by atoms with Crippen molar-refractivity contribution in [2.45, 2.75) is 72.3 Å². The van der Waals surface area contributed by atoms with Gasteiger partial charge in [0.15, 0.2) is 0 Å². The van der Waals surface area contributed by atoms with Gasteiger partial charge >= 0.3 is 5.97 Å². The van der Waals surface area contributed by atoms with E-state index in [0.717, 1.165) is 25.2 Å². The molecule has 0 aromatic carbocycles. The second-order valence-corrected chi connectivity index (χ2v) is 6.69. The Labute approximate surface area is 105 Å². The van der Waals surface area contributed by atoms with Crippen LogP contribution in [0.2, 0.25) is 0 Å². The molecule has 0 amide bonds. The SMILES string of the molecule is CCCCC(=O)O[C@@H]1C[C@H]2CC[C@]1(C)C2(C)C. The maximum absolute atomic E-state index is 11.8. The summed E-state index contributed by atoms with van der Waals surface area (Å²) < 4.78 is 5.75. The smallest absolute Gasteiger partial charge is 0.306 e. The zero-order valence-electron chi connectivity index (χ0n) is 11.7. The maximum atomic E-state index is 11.8. The number of unbranched alkanes of at least 4 members (excludes halogenated alkanes) is 1. The lowest BCUT2D eigenvalue weighted by atomic mass is 9.70. The Morgan fingerprint density at radius 1 is 1.35 bits per heavy atom. The molecular formula is C15H26O2. The summed E-state index contributed by atoms with van der Waals surface area (Å²) in [6.45, 7) is 9.13. The first kappa shape index (κ1) is 12.9. The number of hydrogen-bond donors (Lipinski definition) is 0. The van der Waals surface area contributed by atoms with E-state index in [4.69, 9.17) is 4.74 Å². The van der Waals surface area contributed by atoms with Gasteiger partial charge in [-0.05, 0) is 37.0 Å². The third-order valence-corrected chi connectivity index (χ3v) is 5.72. The molecule has 0 aromatic heterocycles. The van der Waals surface area contributed by atoms with Crippen molar-refractivity contribution in [3.05, 3.63) is 0 Å². The molecule has 0 aliphatic heterocycles. The zero-order valence-corrected chi connectivity index (χ0v) is 11.7. The van der Waals surface area contributed by atoms with Gasteiger partial charge in [0.05, 0.1) is 0 Å². The Kier molecular flexibility index (Phi) is 3.26. The van der Waals surface area contributed by atoms with E-state index in [9.17, 15) is 4.79 Å². The van der Waals surface area contributed by atoms with Gasteiger partial charge in [-0.25, -0.2) is 0 Å². The highest BCUT2D eigenvalue weighted by atomic mass is 16.5. The van der Waals surface area contributed by atoms with Crippen LogP contribution in [0.15, 0.2) is 0 Å². The predicted octanol–water partition coefficient (Wildman–Crippen LogP) is 3.93. The molecule has 2 aliphatic carbocycles. The molecule has 0 spiro atoms. The van der Waals surface area contributed by atoms with Crippen LogP contribution < -0.4 is 0 Å². The van der Waals surface area contributed by atoms with Crippen molar-refractivity contribution in [1.82, 2.24) is 0 Å². The molecule has 2 aliphatic rings. The summed E-state index contributed by atoms with van der Waals surface area (Å²) in [7, 11) is 0. The van der Waals surface area contributed by atoms with Gasteiger partial charge in [-0.15, -0.1) is 0 Å². The van der Waals surface area contributed by atoms with Crippen molar-refractivity contribution in [3.8, 4) is 0 Å². The predicted molar refractivity (Wildman–Crippen MR) is 68.6 cm³/mol. The lowest BCUT2D eigenvalue weighted by Crippen LogP contribution is -2.38. The molecule has 2 bridgehead atoms. The minimum Gasteiger partial charge on any atom is -0.462 e. The van der Waals surface area contributed by atoms with E-state index in [1.807, 2.05) is 0 Å². The molecule has 98 valence electrons. The van der Waals surface area contributed by atoms with E-state index in [1.165, 1.54) is 12.8 Å². The van der Waals surface area contributed by atoms with Crippen molar-refractivity contribution in [3.63, 3.8) is 0 Å². The molecule has 2 fully saturated rings. The van der Waals surface area contributed by atoms with Gasteiger partial charge in [0.1, 0.15) is 6.10 Å². The Hall–Kier alpha value is -0.530. The lowest BCUT2D eigenvalue weighted by molar-refractivity contribution is -0.157. The van der Waals surface area contributed by atoms with Crippen LogP contribution in [-0.4, -0.2) is 12.1 Å². The summed E-state index contributed by atoms with van der Waals surface area (Å²) in [5, 5.41) is 0. The third kappa shape index (κ3) is 1.90. The number of carbonyl (C=O) groups is 1. The second kappa shape index (κ2) is 4.29. The van der Waals surface area contributed by atoms with Crippen molar-refractivity contribution in [2.24, 2.45) is 16.7 Å². The largest absolute Gasteiger partial charge is 0.462 e. The van der Waals surface area contributed by atoms with Crippen LogP contribution in [-0.2, 0) is 9.53 Å². The minimum atomic E-state index is 0.0152. The fourth-order valence-corrected chi connectivity index (χ4v) is 3.85. The summed E-state index contributed by atoms with van der Waals surface area (Å²) in [6, 6.07) is 0. The molecule has 2 heteroatoms. The average molecular weight is 238 g/mol. The molecule has 0 unspecified atom stereocenters. The van der Waals surface area contributed by atoms with Crippen LogP contribution >= 0.6 is 0 Å². The van der Waals surface area contributed by atoms with Crippen LogP contribution in [0.25, 0.3) is 0 Å². The molecule has 2 rings (SSSR count). The van der Waals surface area contributed by atoms with Gasteiger partial charge in [0.25, 0.3) is 0 Å². The Balaban J connectivity index is 1.98. The van der Waals surface area contributed by atoms with Gasteiger partial charge < -0.3 is 4.74 Å². The van der Waals surface area contributed by atoms with E-state index in [2.05, 4.69) is 27.7 Å². The number of hydrogen-bond acceptors (Lipinski definition) is 2. The summed E-state index contributed by atoms with van der Waals surface area (Å²) >= 11 is 0. The molecule has 17 heavy (non-hydrogen) atoms. The molecule has 0 radical (unpaired) electrons. The summed E-state index contributed by atoms with van der Waals surface area (Å²) in [4.78, 5) is 11.8. The highest BCUT2D eigenvalue weighted by Crippen LogP contribution is 2.66. The minimum absolute atomic E-state index is 0.0152. The molecular weight excluding hydrogens is 212 g/mol. The Morgan fingerprint density at radius 2 is 2.06 bits per heavy atom. The summed E-state index contributed by atoms with van der Waals surface area (Å²) in [6.07, 6.45) is 6.39. The van der Waals surface area contributed by atoms with Crippen LogP contribution in [0.5, 0.6) is 0 Å². The van der Waals surface area contributed by atoms with E-state index in [-0.39, 0.29) is 17.5 Å². The van der Waals surface area contributed by atoms with Crippen LogP contribution in [0.1, 0.15) is 66.2 Å². The number of ether oxygens (including phenoxy) is 1. The fourth-order valence-electron chi connectivity index (χ4n) is 3.85. The summed E-state index contributed by atoms with van der Waals surface area (Å²) in [5.74, 6) is 0.762. The molecule has 0 aromatic rings. The molecule has 3 atom stereocenters. The zero-order chi connectivity index (χ0) is 12.7. The van der Waals surface area contributed by atoms with Gasteiger partial charge in [-0.1, -0.05) is 34.1 Å². The Morgan fingerprint density at radius 3 is 2.53 bits per heavy atom. The average Bonchev–Trinajstić information content (AvgIpc) is 2.59. The normalized spacial score (nSPS) is 38.4. The first-order chi connectivity index (χ1) is 7.91. The molecule has 2 saturated carbocycles. The van der Waals surface area contributed by atoms with Gasteiger partial charge in [0, 0.05) is 11.8 Å². The van der Waals surface area contributed by atoms with E-state index >= 15 is 0 Å². The lowest BCUT2D eigenvalue weighted by Gasteiger charge is -2.38. The topological polar surface area (TPSA) is 26.3 Å². The quantitative estimate of drug-likeness (QED) is 0.694. The van der Waals surface area contributed by atoms with Crippen LogP contribution in [0.4, 0.5) is 0 Å². The fraction of sp³-hybridized carbons (Fsp3) is 0.933. The number of rotatable bonds is 4. The Bertz CT molecular complexity index is 308. The highest BCUT2D eigenvalue weighted by Gasteiger charge is 2.62. The van der Waals surface area contributed by atoms with Crippen molar-refractivity contribution in [1.29, 1.82) is 0 Å². The van der Waals surface area contributed by atoms with Crippen LogP contribution in [0, 0.1) is 16.7 Å². The second-order valence-electron chi connectivity index (χ2n) is 6.69. The monoisotopic (exact) mass is 238 g/mol.